The highest BCUT2D eigenvalue weighted by Gasteiger charge is 2.49. The van der Waals surface area contributed by atoms with E-state index in [2.05, 4.69) is 10.2 Å². The van der Waals surface area contributed by atoms with Crippen molar-refractivity contribution >= 4 is 17.7 Å². The minimum Gasteiger partial charge on any atom is -0.327 e. The number of carbonyl (C=O) groups is 1. The molecule has 2 heterocycles. The molecule has 0 aromatic heterocycles. The molecule has 1 spiro atoms. The summed E-state index contributed by atoms with van der Waals surface area (Å²) >= 11 is 1.85. The van der Waals surface area contributed by atoms with Crippen LogP contribution in [0.1, 0.15) is 32.1 Å². The third-order valence-electron chi connectivity index (χ3n) is 4.02. The highest BCUT2D eigenvalue weighted by Crippen LogP contribution is 2.42. The topological polar surface area (TPSA) is 32.3 Å². The second kappa shape index (κ2) is 3.67. The third kappa shape index (κ3) is 1.49. The van der Waals surface area contributed by atoms with Gasteiger partial charge in [0.1, 0.15) is 0 Å². The lowest BCUT2D eigenvalue weighted by atomic mass is 9.80. The fourth-order valence-corrected chi connectivity index (χ4v) is 4.78. The monoisotopic (exact) mass is 226 g/mol. The van der Waals surface area contributed by atoms with Crippen molar-refractivity contribution in [3.8, 4) is 0 Å². The van der Waals surface area contributed by atoms with Gasteiger partial charge >= 0.3 is 0 Å². The second-order valence-electron chi connectivity index (χ2n) is 4.89. The first-order valence-corrected chi connectivity index (χ1v) is 7.03. The SMILES string of the molecule is O=C1CS[C@@H]2N1CCNC21CCCCC1. The summed E-state index contributed by atoms with van der Waals surface area (Å²) in [5.74, 6) is 1.06. The Bertz CT molecular complexity index is 270. The summed E-state index contributed by atoms with van der Waals surface area (Å²) in [6.07, 6.45) is 6.54. The molecule has 0 bridgehead atoms. The Morgan fingerprint density at radius 2 is 2.13 bits per heavy atom. The minimum atomic E-state index is 0.257. The molecule has 0 aromatic rings. The number of nitrogens with zero attached hydrogens (tertiary/aromatic N) is 1. The van der Waals surface area contributed by atoms with Gasteiger partial charge in [-0.15, -0.1) is 11.8 Å². The molecule has 3 nitrogen and oxygen atoms in total. The highest BCUT2D eigenvalue weighted by molar-refractivity contribution is 8.01. The van der Waals surface area contributed by atoms with Crippen molar-refractivity contribution < 1.29 is 4.79 Å². The van der Waals surface area contributed by atoms with Crippen LogP contribution in [0.5, 0.6) is 0 Å². The van der Waals surface area contributed by atoms with Crippen molar-refractivity contribution in [3.63, 3.8) is 0 Å². The van der Waals surface area contributed by atoms with E-state index >= 15 is 0 Å². The van der Waals surface area contributed by atoms with Gasteiger partial charge in [-0.25, -0.2) is 0 Å². The molecular weight excluding hydrogens is 208 g/mol. The molecule has 0 aromatic carbocycles. The maximum absolute atomic E-state index is 11.7. The van der Waals surface area contributed by atoms with Gasteiger partial charge in [0, 0.05) is 18.6 Å². The van der Waals surface area contributed by atoms with E-state index in [1.807, 2.05) is 11.8 Å². The van der Waals surface area contributed by atoms with E-state index in [-0.39, 0.29) is 5.54 Å². The molecule has 15 heavy (non-hydrogen) atoms. The van der Waals surface area contributed by atoms with Gasteiger partial charge in [-0.3, -0.25) is 4.79 Å². The smallest absolute Gasteiger partial charge is 0.233 e. The molecular formula is C11H18N2OS. The molecule has 1 amide bonds. The van der Waals surface area contributed by atoms with Crippen LogP contribution in [-0.2, 0) is 4.79 Å². The first-order chi connectivity index (χ1) is 7.32. The molecule has 3 aliphatic rings. The average Bonchev–Trinajstić information content (AvgIpc) is 2.64. The number of hydrogen-bond acceptors (Lipinski definition) is 3. The molecule has 84 valence electrons. The summed E-state index contributed by atoms with van der Waals surface area (Å²) in [7, 11) is 0. The fraction of sp³-hybridized carbons (Fsp3) is 0.909. The van der Waals surface area contributed by atoms with Crippen LogP contribution in [0.15, 0.2) is 0 Å². The third-order valence-corrected chi connectivity index (χ3v) is 5.45. The van der Waals surface area contributed by atoms with Crippen molar-refractivity contribution in [2.45, 2.75) is 43.0 Å². The van der Waals surface area contributed by atoms with E-state index in [1.54, 1.807) is 0 Å². The van der Waals surface area contributed by atoms with Crippen molar-refractivity contribution in [1.82, 2.24) is 10.2 Å². The summed E-state index contributed by atoms with van der Waals surface area (Å²) in [5.41, 5.74) is 0.257. The Hall–Kier alpha value is -0.220. The number of piperazine rings is 1. The summed E-state index contributed by atoms with van der Waals surface area (Å²) in [6.45, 7) is 1.90. The van der Waals surface area contributed by atoms with Gasteiger partial charge in [0.2, 0.25) is 5.91 Å². The van der Waals surface area contributed by atoms with Crippen molar-refractivity contribution in [3.05, 3.63) is 0 Å². The van der Waals surface area contributed by atoms with Gasteiger partial charge in [-0.05, 0) is 12.8 Å². The lowest BCUT2D eigenvalue weighted by Crippen LogP contribution is -2.65. The van der Waals surface area contributed by atoms with Crippen LogP contribution in [0.4, 0.5) is 0 Å². The van der Waals surface area contributed by atoms with Gasteiger partial charge in [0.25, 0.3) is 0 Å². The zero-order valence-corrected chi connectivity index (χ0v) is 9.81. The second-order valence-corrected chi connectivity index (χ2v) is 5.96. The van der Waals surface area contributed by atoms with E-state index in [4.69, 9.17) is 0 Å². The van der Waals surface area contributed by atoms with E-state index in [0.717, 1.165) is 13.1 Å². The van der Waals surface area contributed by atoms with Crippen LogP contribution >= 0.6 is 11.8 Å². The van der Waals surface area contributed by atoms with Gasteiger partial charge < -0.3 is 10.2 Å². The van der Waals surface area contributed by atoms with E-state index in [1.165, 1.54) is 32.1 Å². The molecule has 1 aliphatic carbocycles. The predicted molar refractivity (Wildman–Crippen MR) is 61.8 cm³/mol. The molecule has 2 aliphatic heterocycles. The maximum Gasteiger partial charge on any atom is 0.233 e. The zero-order valence-electron chi connectivity index (χ0n) is 9.00. The van der Waals surface area contributed by atoms with Crippen LogP contribution in [0.2, 0.25) is 0 Å². The van der Waals surface area contributed by atoms with Gasteiger partial charge in [0.15, 0.2) is 0 Å². The quantitative estimate of drug-likeness (QED) is 0.673. The van der Waals surface area contributed by atoms with Crippen molar-refractivity contribution in [2.75, 3.05) is 18.8 Å². The summed E-state index contributed by atoms with van der Waals surface area (Å²) in [6, 6.07) is 0. The van der Waals surface area contributed by atoms with Crippen LogP contribution < -0.4 is 5.32 Å². The Kier molecular flexibility index (Phi) is 2.44. The summed E-state index contributed by atoms with van der Waals surface area (Å²) in [5, 5.41) is 4.14. The number of nitrogens with one attached hydrogen (secondary N) is 1. The van der Waals surface area contributed by atoms with Gasteiger partial charge in [-0.2, -0.15) is 0 Å². The van der Waals surface area contributed by atoms with Crippen LogP contribution in [0.25, 0.3) is 0 Å². The number of amides is 1. The molecule has 2 saturated heterocycles. The first kappa shape index (κ1) is 9.97. The maximum atomic E-state index is 11.7. The average molecular weight is 226 g/mol. The fourth-order valence-electron chi connectivity index (χ4n) is 3.27. The van der Waals surface area contributed by atoms with Crippen LogP contribution in [-0.4, -0.2) is 40.6 Å². The number of hydrogen-bond donors (Lipinski definition) is 1. The number of rotatable bonds is 0. The molecule has 1 saturated carbocycles. The molecule has 0 radical (unpaired) electrons. The number of thioether (sulfide) groups is 1. The van der Waals surface area contributed by atoms with Crippen molar-refractivity contribution in [1.29, 1.82) is 0 Å². The molecule has 1 atom stereocenters. The van der Waals surface area contributed by atoms with E-state index in [0.29, 0.717) is 17.0 Å². The standard InChI is InChI=1S/C11H18N2OS/c14-9-8-15-10-11(4-2-1-3-5-11)12-6-7-13(9)10/h10,12H,1-8H2/t10-/m0/s1. The largest absolute Gasteiger partial charge is 0.327 e. The highest BCUT2D eigenvalue weighted by atomic mass is 32.2. The predicted octanol–water partition coefficient (Wildman–Crippen LogP) is 1.19. The molecule has 3 fully saturated rings. The Balaban J connectivity index is 1.85. The molecule has 0 unspecified atom stereocenters. The summed E-state index contributed by atoms with van der Waals surface area (Å²) in [4.78, 5) is 13.8. The molecule has 3 rings (SSSR count). The number of fused-ring (bicyclic) bond motifs is 2. The van der Waals surface area contributed by atoms with Crippen LogP contribution in [0, 0.1) is 0 Å². The van der Waals surface area contributed by atoms with Crippen LogP contribution in [0.3, 0.4) is 0 Å². The number of carbonyl (C=O) groups excluding carboxylic acids is 1. The van der Waals surface area contributed by atoms with Gasteiger partial charge in [-0.1, -0.05) is 19.3 Å². The molecule has 4 heteroatoms. The van der Waals surface area contributed by atoms with E-state index in [9.17, 15) is 4.79 Å². The van der Waals surface area contributed by atoms with E-state index < -0.39 is 0 Å². The lowest BCUT2D eigenvalue weighted by Gasteiger charge is -2.49. The normalized spacial score (nSPS) is 34.5. The summed E-state index contributed by atoms with van der Waals surface area (Å²) < 4.78 is 0. The minimum absolute atomic E-state index is 0.257. The Labute approximate surface area is 95.0 Å². The Morgan fingerprint density at radius 3 is 2.93 bits per heavy atom. The zero-order chi connectivity index (χ0) is 10.3. The first-order valence-electron chi connectivity index (χ1n) is 5.98. The Morgan fingerprint density at radius 1 is 1.33 bits per heavy atom. The lowest BCUT2D eigenvalue weighted by molar-refractivity contribution is -0.130. The van der Waals surface area contributed by atoms with Gasteiger partial charge in [0.05, 0.1) is 11.1 Å². The molecule has 1 N–H and O–H groups in total. The van der Waals surface area contributed by atoms with Crippen molar-refractivity contribution in [2.24, 2.45) is 0 Å².